The molecule has 1 fully saturated rings. The molecule has 2 amide bonds. The molecule has 5 heteroatoms. The van der Waals surface area contributed by atoms with E-state index in [0.717, 1.165) is 12.8 Å². The lowest BCUT2D eigenvalue weighted by molar-refractivity contribution is 0.240. The van der Waals surface area contributed by atoms with E-state index >= 15 is 0 Å². The summed E-state index contributed by atoms with van der Waals surface area (Å²) in [5.41, 5.74) is 1.06. The van der Waals surface area contributed by atoms with E-state index in [1.807, 2.05) is 17.8 Å². The van der Waals surface area contributed by atoms with E-state index in [9.17, 15) is 4.79 Å². The average molecular weight is 260 g/mol. The summed E-state index contributed by atoms with van der Waals surface area (Å²) in [5.74, 6) is 1.27. The molecule has 1 aromatic rings. The van der Waals surface area contributed by atoms with E-state index in [1.165, 1.54) is 18.5 Å². The molecule has 2 aliphatic carbocycles. The molecule has 0 saturated heterocycles. The van der Waals surface area contributed by atoms with E-state index in [4.69, 9.17) is 0 Å². The second kappa shape index (κ2) is 4.40. The molecule has 0 bridgehead atoms. The Bertz CT molecular complexity index is 520. The smallest absolute Gasteiger partial charge is 0.320 e. The molecule has 19 heavy (non-hydrogen) atoms. The van der Waals surface area contributed by atoms with E-state index in [1.54, 1.807) is 0 Å². The molecule has 0 atom stereocenters. The number of carbonyl (C=O) groups is 1. The van der Waals surface area contributed by atoms with Crippen LogP contribution in [0.4, 0.5) is 10.6 Å². The molecule has 1 saturated carbocycles. The number of amides is 2. The standard InChI is InChI=1S/C14H20N4O/c1-14(7-3-4-8-14)16-13(19)15-12-9-11(10-5-6-10)18(2)17-12/h3-4,9-10H,5-8H2,1-2H3,(H2,15,16,17,19). The number of hydrogen-bond acceptors (Lipinski definition) is 2. The number of rotatable bonds is 3. The maximum Gasteiger partial charge on any atom is 0.320 e. The third kappa shape index (κ3) is 2.64. The number of hydrogen-bond donors (Lipinski definition) is 2. The molecule has 0 radical (unpaired) electrons. The van der Waals surface area contributed by atoms with Crippen molar-refractivity contribution in [1.29, 1.82) is 0 Å². The topological polar surface area (TPSA) is 59.0 Å². The zero-order valence-electron chi connectivity index (χ0n) is 11.4. The number of aromatic nitrogens is 2. The molecule has 1 heterocycles. The first-order valence-corrected chi connectivity index (χ1v) is 6.84. The van der Waals surface area contributed by atoms with Gasteiger partial charge in [0.05, 0.1) is 0 Å². The van der Waals surface area contributed by atoms with E-state index in [2.05, 4.69) is 34.8 Å². The molecule has 2 aliphatic rings. The largest absolute Gasteiger partial charge is 0.332 e. The van der Waals surface area contributed by atoms with Crippen LogP contribution in [0.25, 0.3) is 0 Å². The maximum absolute atomic E-state index is 12.0. The zero-order chi connectivity index (χ0) is 13.5. The summed E-state index contributed by atoms with van der Waals surface area (Å²) in [5, 5.41) is 10.2. The summed E-state index contributed by atoms with van der Waals surface area (Å²) in [6, 6.07) is 1.80. The number of urea groups is 1. The van der Waals surface area contributed by atoms with Crippen LogP contribution in [0.15, 0.2) is 18.2 Å². The lowest BCUT2D eigenvalue weighted by Gasteiger charge is -2.25. The molecule has 5 nitrogen and oxygen atoms in total. The van der Waals surface area contributed by atoms with Gasteiger partial charge in [-0.2, -0.15) is 5.10 Å². The number of anilines is 1. The highest BCUT2D eigenvalue weighted by atomic mass is 16.2. The molecule has 3 rings (SSSR count). The molecule has 102 valence electrons. The number of nitrogens with one attached hydrogen (secondary N) is 2. The summed E-state index contributed by atoms with van der Waals surface area (Å²) in [6.45, 7) is 2.06. The average Bonchev–Trinajstić information content (AvgIpc) is 2.99. The van der Waals surface area contributed by atoms with Gasteiger partial charge in [-0.3, -0.25) is 10.00 Å². The van der Waals surface area contributed by atoms with Gasteiger partial charge in [-0.05, 0) is 32.6 Å². The second-order valence-electron chi connectivity index (χ2n) is 5.87. The first-order chi connectivity index (χ1) is 9.06. The monoisotopic (exact) mass is 260 g/mol. The Kier molecular flexibility index (Phi) is 2.84. The van der Waals surface area contributed by atoms with Gasteiger partial charge in [0.25, 0.3) is 0 Å². The van der Waals surface area contributed by atoms with Gasteiger partial charge >= 0.3 is 6.03 Å². The molecular weight excluding hydrogens is 240 g/mol. The van der Waals surface area contributed by atoms with Crippen LogP contribution in [0.3, 0.4) is 0 Å². The van der Waals surface area contributed by atoms with Gasteiger partial charge in [-0.15, -0.1) is 0 Å². The van der Waals surface area contributed by atoms with Crippen LogP contribution >= 0.6 is 0 Å². The van der Waals surface area contributed by atoms with Crippen molar-refractivity contribution < 1.29 is 4.79 Å². The Morgan fingerprint density at radius 3 is 2.74 bits per heavy atom. The summed E-state index contributed by atoms with van der Waals surface area (Å²) in [6.07, 6.45) is 8.44. The van der Waals surface area contributed by atoms with E-state index < -0.39 is 0 Å². The molecule has 0 unspecified atom stereocenters. The summed E-state index contributed by atoms with van der Waals surface area (Å²) >= 11 is 0. The molecule has 2 N–H and O–H groups in total. The van der Waals surface area contributed by atoms with Gasteiger partial charge in [0.1, 0.15) is 0 Å². The van der Waals surface area contributed by atoms with Gasteiger partial charge in [0.2, 0.25) is 0 Å². The van der Waals surface area contributed by atoms with Gasteiger partial charge in [-0.25, -0.2) is 4.79 Å². The van der Waals surface area contributed by atoms with Crippen molar-refractivity contribution in [1.82, 2.24) is 15.1 Å². The predicted molar refractivity (Wildman–Crippen MR) is 74.1 cm³/mol. The third-order valence-corrected chi connectivity index (χ3v) is 3.87. The quantitative estimate of drug-likeness (QED) is 0.820. The minimum absolute atomic E-state index is 0.155. The van der Waals surface area contributed by atoms with Crippen LogP contribution in [0, 0.1) is 0 Å². The van der Waals surface area contributed by atoms with Gasteiger partial charge in [0, 0.05) is 30.3 Å². The Hall–Kier alpha value is -1.78. The molecule has 0 spiro atoms. The first-order valence-electron chi connectivity index (χ1n) is 6.84. The number of carbonyl (C=O) groups excluding carboxylic acids is 1. The van der Waals surface area contributed by atoms with Crippen molar-refractivity contribution in [2.24, 2.45) is 7.05 Å². The van der Waals surface area contributed by atoms with Crippen molar-refractivity contribution >= 4 is 11.8 Å². The molecule has 0 aromatic carbocycles. The maximum atomic E-state index is 12.0. The minimum atomic E-state index is -0.174. The summed E-state index contributed by atoms with van der Waals surface area (Å²) in [4.78, 5) is 12.0. The summed E-state index contributed by atoms with van der Waals surface area (Å²) in [7, 11) is 1.93. The van der Waals surface area contributed by atoms with Crippen molar-refractivity contribution in [3.05, 3.63) is 23.9 Å². The highest BCUT2D eigenvalue weighted by Gasteiger charge is 2.29. The van der Waals surface area contributed by atoms with E-state index in [-0.39, 0.29) is 11.6 Å². The third-order valence-electron chi connectivity index (χ3n) is 3.87. The lowest BCUT2D eigenvalue weighted by atomic mass is 10.0. The van der Waals surface area contributed by atoms with Gasteiger partial charge in [0.15, 0.2) is 5.82 Å². The van der Waals surface area contributed by atoms with Crippen molar-refractivity contribution in [2.75, 3.05) is 5.32 Å². The Labute approximate surface area is 113 Å². The normalized spacial score (nSPS) is 20.5. The van der Waals surface area contributed by atoms with Crippen LogP contribution in [-0.4, -0.2) is 21.4 Å². The van der Waals surface area contributed by atoms with Crippen LogP contribution in [0.5, 0.6) is 0 Å². The second-order valence-corrected chi connectivity index (χ2v) is 5.87. The minimum Gasteiger partial charge on any atom is -0.332 e. The van der Waals surface area contributed by atoms with Crippen molar-refractivity contribution in [3.8, 4) is 0 Å². The lowest BCUT2D eigenvalue weighted by Crippen LogP contribution is -2.46. The molecule has 0 aliphatic heterocycles. The van der Waals surface area contributed by atoms with Crippen LogP contribution in [0.1, 0.15) is 44.2 Å². The highest BCUT2D eigenvalue weighted by Crippen LogP contribution is 2.40. The predicted octanol–water partition coefficient (Wildman–Crippen LogP) is 2.53. The first kappa shape index (κ1) is 12.3. The van der Waals surface area contributed by atoms with Crippen LogP contribution in [-0.2, 0) is 7.05 Å². The molecular formula is C14H20N4O. The van der Waals surface area contributed by atoms with Crippen LogP contribution < -0.4 is 10.6 Å². The van der Waals surface area contributed by atoms with Gasteiger partial charge < -0.3 is 5.32 Å². The van der Waals surface area contributed by atoms with Crippen LogP contribution in [0.2, 0.25) is 0 Å². The Morgan fingerprint density at radius 2 is 2.11 bits per heavy atom. The summed E-state index contributed by atoms with van der Waals surface area (Å²) < 4.78 is 1.87. The Morgan fingerprint density at radius 1 is 1.42 bits per heavy atom. The Balaban J connectivity index is 1.61. The molecule has 1 aromatic heterocycles. The van der Waals surface area contributed by atoms with Crippen molar-refractivity contribution in [3.63, 3.8) is 0 Å². The zero-order valence-corrected chi connectivity index (χ0v) is 11.4. The van der Waals surface area contributed by atoms with E-state index in [0.29, 0.717) is 11.7 Å². The number of nitrogens with zero attached hydrogens (tertiary/aromatic N) is 2. The highest BCUT2D eigenvalue weighted by molar-refractivity contribution is 5.88. The number of aryl methyl sites for hydroxylation is 1. The van der Waals surface area contributed by atoms with Gasteiger partial charge in [-0.1, -0.05) is 12.2 Å². The fourth-order valence-corrected chi connectivity index (χ4v) is 2.60. The SMILES string of the molecule is Cn1nc(NC(=O)NC2(C)CC=CC2)cc1C1CC1. The fraction of sp³-hybridized carbons (Fsp3) is 0.571. The fourth-order valence-electron chi connectivity index (χ4n) is 2.60. The van der Waals surface area contributed by atoms with Crippen molar-refractivity contribution in [2.45, 2.75) is 44.1 Å².